The first-order chi connectivity index (χ1) is 31.1. The van der Waals surface area contributed by atoms with Crippen LogP contribution >= 0.6 is 0 Å². The number of aromatic nitrogens is 4. The molecule has 4 aliphatic rings. The van der Waals surface area contributed by atoms with E-state index in [2.05, 4.69) is 39.1 Å². The fourth-order valence-electron chi connectivity index (χ4n) is 10.9. The molecular weight excluding hydrogens is 863 g/mol. The molecule has 0 aliphatic carbocycles. The van der Waals surface area contributed by atoms with Gasteiger partial charge in [0.15, 0.2) is 11.4 Å². The molecule has 8 rings (SSSR count). The van der Waals surface area contributed by atoms with Gasteiger partial charge < -0.3 is 14.7 Å². The predicted octanol–water partition coefficient (Wildman–Crippen LogP) is 9.52. The van der Waals surface area contributed by atoms with Crippen LogP contribution in [0.4, 0.5) is 26.3 Å². The van der Waals surface area contributed by atoms with Crippen LogP contribution in [0.3, 0.4) is 0 Å². The lowest BCUT2D eigenvalue weighted by molar-refractivity contribution is -0.140. The van der Waals surface area contributed by atoms with Gasteiger partial charge in [-0.25, -0.2) is 0 Å². The van der Waals surface area contributed by atoms with E-state index in [1.807, 2.05) is 20.8 Å². The van der Waals surface area contributed by atoms with Crippen molar-refractivity contribution in [2.24, 2.45) is 5.41 Å². The summed E-state index contributed by atoms with van der Waals surface area (Å²) >= 11 is 0. The number of hydrogen-bond acceptors (Lipinski definition) is 6. The number of nitrogens with zero attached hydrogens (tertiary/aromatic N) is 6. The Bertz CT molecular complexity index is 2420. The first kappa shape index (κ1) is 47.3. The Balaban J connectivity index is 1.04. The molecule has 3 amide bonds. The van der Waals surface area contributed by atoms with Gasteiger partial charge in [-0.3, -0.25) is 29.5 Å². The van der Waals surface area contributed by atoms with Gasteiger partial charge in [0.05, 0.1) is 11.1 Å². The van der Waals surface area contributed by atoms with Gasteiger partial charge >= 0.3 is 12.4 Å². The predicted molar refractivity (Wildman–Crippen MR) is 235 cm³/mol. The van der Waals surface area contributed by atoms with E-state index in [1.54, 1.807) is 32.9 Å². The molecule has 356 valence electrons. The fourth-order valence-corrected chi connectivity index (χ4v) is 10.9. The maximum Gasteiger partial charge on any atom is 0.416 e. The number of amides is 3. The van der Waals surface area contributed by atoms with E-state index in [4.69, 9.17) is 0 Å². The normalized spacial score (nSPS) is 20.7. The molecule has 0 bridgehead atoms. The molecule has 4 aliphatic heterocycles. The molecule has 66 heavy (non-hydrogen) atoms. The third kappa shape index (κ3) is 9.64. The molecule has 2 N–H and O–H groups in total. The van der Waals surface area contributed by atoms with Crippen LogP contribution in [0.15, 0.2) is 48.5 Å². The molecule has 2 aromatic heterocycles. The van der Waals surface area contributed by atoms with Crippen LogP contribution in [0.5, 0.6) is 0 Å². The van der Waals surface area contributed by atoms with Gasteiger partial charge in [0.25, 0.3) is 11.8 Å². The number of benzene rings is 2. The summed E-state index contributed by atoms with van der Waals surface area (Å²) in [6.07, 6.45) is -4.61. The molecule has 11 nitrogen and oxygen atoms in total. The van der Waals surface area contributed by atoms with Gasteiger partial charge in [0.1, 0.15) is 0 Å². The third-order valence-electron chi connectivity index (χ3n) is 14.4. The summed E-state index contributed by atoms with van der Waals surface area (Å²) in [5, 5.41) is 15.2. The van der Waals surface area contributed by atoms with Gasteiger partial charge in [-0.2, -0.15) is 36.5 Å². The second kappa shape index (κ2) is 18.1. The maximum absolute atomic E-state index is 14.9. The Kier molecular flexibility index (Phi) is 13.0. The lowest BCUT2D eigenvalue weighted by Crippen LogP contribution is -2.53. The molecule has 6 heterocycles. The van der Waals surface area contributed by atoms with Crippen LogP contribution in [0, 0.1) is 5.41 Å². The zero-order chi connectivity index (χ0) is 47.3. The number of aryl methyl sites for hydroxylation is 2. The number of rotatable bonds is 7. The number of hydrogen-bond donors (Lipinski definition) is 2. The van der Waals surface area contributed by atoms with E-state index in [9.17, 15) is 40.7 Å². The maximum atomic E-state index is 14.9. The number of nitrogens with one attached hydrogen (secondary N) is 2. The quantitative estimate of drug-likeness (QED) is 0.178. The van der Waals surface area contributed by atoms with Crippen LogP contribution in [0.1, 0.15) is 157 Å². The number of likely N-dealkylation sites (tertiary alicyclic amines) is 2. The molecule has 0 radical (unpaired) electrons. The zero-order valence-electron chi connectivity index (χ0n) is 38.3. The van der Waals surface area contributed by atoms with Crippen LogP contribution in [-0.4, -0.2) is 102 Å². The Hall–Kier alpha value is -5.19. The largest absolute Gasteiger partial charge is 0.416 e. The highest BCUT2D eigenvalue weighted by Crippen LogP contribution is 2.44. The monoisotopic (exact) mass is 922 g/mol. The van der Waals surface area contributed by atoms with E-state index in [-0.39, 0.29) is 78.8 Å². The second-order valence-corrected chi connectivity index (χ2v) is 20.3. The Labute approximate surface area is 381 Å². The minimum atomic E-state index is -4.56. The van der Waals surface area contributed by atoms with Gasteiger partial charge in [-0.05, 0) is 113 Å². The smallest absolute Gasteiger partial charge is 0.338 e. The van der Waals surface area contributed by atoms with Crippen LogP contribution < -0.4 is 0 Å². The zero-order valence-corrected chi connectivity index (χ0v) is 38.3. The van der Waals surface area contributed by atoms with E-state index >= 15 is 0 Å². The topological polar surface area (TPSA) is 122 Å². The summed E-state index contributed by atoms with van der Waals surface area (Å²) in [5.74, 6) is -1.47. The lowest BCUT2D eigenvalue weighted by atomic mass is 9.78. The van der Waals surface area contributed by atoms with E-state index in [0.717, 1.165) is 35.5 Å². The number of aromatic amines is 2. The lowest BCUT2D eigenvalue weighted by Gasteiger charge is -2.46. The van der Waals surface area contributed by atoms with Crippen molar-refractivity contribution in [3.05, 3.63) is 105 Å². The molecular formula is C49H60F6N8O3. The molecule has 0 saturated carbocycles. The van der Waals surface area contributed by atoms with Crippen molar-refractivity contribution in [1.29, 1.82) is 0 Å². The number of carbonyl (C=O) groups excluding carboxylic acids is 3. The van der Waals surface area contributed by atoms with Crippen molar-refractivity contribution < 1.29 is 40.7 Å². The van der Waals surface area contributed by atoms with Crippen molar-refractivity contribution in [2.45, 2.75) is 141 Å². The summed E-state index contributed by atoms with van der Waals surface area (Å²) in [7, 11) is 0. The first-order valence-electron chi connectivity index (χ1n) is 23.2. The summed E-state index contributed by atoms with van der Waals surface area (Å²) in [6.45, 7) is 12.2. The number of alkyl halides is 6. The van der Waals surface area contributed by atoms with E-state index in [0.29, 0.717) is 70.1 Å². The standard InChI is InChI=1S/C49H60F6N8O3/c1-46(2,3)45(66)61-21-10-16-39-35(28-61)42(59-56-39)44(65)63-25-20-31(34-13-7-9-15-38(34)49(53,54)55)26-32(63)27-47(4,5)62-22-11-17-40-36(29-62)41(58-57-40)43(64)60-23-18-30(19-24-60)33-12-6-8-14-37(33)48(50,51)52/h6-9,12-15,30-32H,10-11,16-29H2,1-5H3,(H,56,59)(H,57,58). The summed E-state index contributed by atoms with van der Waals surface area (Å²) in [5.41, 5.74) is 1.42. The van der Waals surface area contributed by atoms with Crippen molar-refractivity contribution >= 4 is 17.7 Å². The highest BCUT2D eigenvalue weighted by atomic mass is 19.4. The van der Waals surface area contributed by atoms with Crippen LogP contribution in [0.25, 0.3) is 0 Å². The molecule has 2 atom stereocenters. The number of halogens is 6. The molecule has 2 saturated heterocycles. The number of carbonyl (C=O) groups is 3. The number of piperidine rings is 2. The minimum Gasteiger partial charge on any atom is -0.338 e. The van der Waals surface area contributed by atoms with Crippen LogP contribution in [-0.2, 0) is 43.1 Å². The number of H-pyrrole nitrogens is 2. The SMILES string of the molecule is CC(C)(C)C(=O)N1CCCc2[nH]nc(C(=O)N3CCC(c4ccccc4C(F)(F)F)CC3CC(C)(C)N3CCCc4[nH]nc(C(=O)N5CCC(c6ccccc6C(F)(F)F)CC5)c4C3)c2C1. The molecule has 0 spiro atoms. The highest BCUT2D eigenvalue weighted by Gasteiger charge is 2.44. The van der Waals surface area contributed by atoms with Crippen LogP contribution in [0.2, 0.25) is 0 Å². The summed E-state index contributed by atoms with van der Waals surface area (Å²) < 4.78 is 85.0. The third-order valence-corrected chi connectivity index (χ3v) is 14.4. The molecule has 4 aromatic rings. The Morgan fingerprint density at radius 2 is 1.15 bits per heavy atom. The van der Waals surface area contributed by atoms with Gasteiger partial charge in [-0.1, -0.05) is 57.2 Å². The van der Waals surface area contributed by atoms with E-state index in [1.165, 1.54) is 18.2 Å². The van der Waals surface area contributed by atoms with E-state index < -0.39 is 46.4 Å². The summed E-state index contributed by atoms with van der Waals surface area (Å²) in [6, 6.07) is 10.8. The molecule has 2 unspecified atom stereocenters. The average molecular weight is 923 g/mol. The Morgan fingerprint density at radius 1 is 0.636 bits per heavy atom. The molecule has 2 fully saturated rings. The molecule has 17 heteroatoms. The first-order valence-corrected chi connectivity index (χ1v) is 23.2. The fraction of sp³-hybridized carbons (Fsp3) is 0.571. The highest BCUT2D eigenvalue weighted by molar-refractivity contribution is 5.95. The van der Waals surface area contributed by atoms with Gasteiger partial charge in [-0.15, -0.1) is 0 Å². The second-order valence-electron chi connectivity index (χ2n) is 20.3. The molecule has 2 aromatic carbocycles. The van der Waals surface area contributed by atoms with Crippen molar-refractivity contribution in [3.8, 4) is 0 Å². The van der Waals surface area contributed by atoms with Crippen molar-refractivity contribution in [3.63, 3.8) is 0 Å². The average Bonchev–Trinajstić information content (AvgIpc) is 3.70. The van der Waals surface area contributed by atoms with Crippen molar-refractivity contribution in [2.75, 3.05) is 32.7 Å². The van der Waals surface area contributed by atoms with Crippen molar-refractivity contribution in [1.82, 2.24) is 40.0 Å². The van der Waals surface area contributed by atoms with Gasteiger partial charge in [0, 0.05) is 78.8 Å². The van der Waals surface area contributed by atoms with Gasteiger partial charge in [0.2, 0.25) is 5.91 Å². The number of fused-ring (bicyclic) bond motifs is 2. The minimum absolute atomic E-state index is 0.0302. The summed E-state index contributed by atoms with van der Waals surface area (Å²) in [4.78, 5) is 50.1. The Morgan fingerprint density at radius 3 is 1.73 bits per heavy atom.